The fraction of sp³-hybridized carbons (Fsp3) is 0. The molecule has 8 aromatic carbocycles. The van der Waals surface area contributed by atoms with Crippen molar-refractivity contribution in [1.29, 1.82) is 0 Å². The molecule has 128 heavy (non-hydrogen) atoms. The molecule has 4 amide bonds. The maximum atomic E-state index is 14.3. The summed E-state index contributed by atoms with van der Waals surface area (Å²) in [5.74, 6) is -2.22. The van der Waals surface area contributed by atoms with Gasteiger partial charge >= 0.3 is 0 Å². The Morgan fingerprint density at radius 1 is 0.344 bits per heavy atom. The van der Waals surface area contributed by atoms with E-state index in [1.807, 2.05) is 140 Å². The lowest BCUT2D eigenvalue weighted by Gasteiger charge is -2.15. The van der Waals surface area contributed by atoms with Crippen LogP contribution >= 0.6 is 50.1 Å². The van der Waals surface area contributed by atoms with Crippen LogP contribution < -0.4 is 43.5 Å². The highest BCUT2D eigenvalue weighted by atomic mass is 127. The van der Waals surface area contributed by atoms with E-state index in [9.17, 15) is 42.7 Å². The van der Waals surface area contributed by atoms with Crippen LogP contribution in [0.1, 0.15) is 0 Å². The largest absolute Gasteiger partial charge is 0.321 e. The maximum Gasteiger partial charge on any atom is 0.255 e. The maximum absolute atomic E-state index is 14.3. The van der Waals surface area contributed by atoms with Crippen LogP contribution in [-0.4, -0.2) is 101 Å². The van der Waals surface area contributed by atoms with Crippen LogP contribution in [0.15, 0.2) is 367 Å². The number of hydrogen-bond acceptors (Lipinski definition) is 16. The summed E-state index contributed by atoms with van der Waals surface area (Å²) < 4.78 is 29.2. The summed E-state index contributed by atoms with van der Waals surface area (Å²) >= 11 is 11.8. The molecule has 624 valence electrons. The zero-order valence-corrected chi connectivity index (χ0v) is 71.3. The molecule has 0 atom stereocenters. The number of anilines is 4. The van der Waals surface area contributed by atoms with Crippen molar-refractivity contribution in [3.05, 3.63) is 404 Å². The molecule has 28 nitrogen and oxygen atoms in total. The van der Waals surface area contributed by atoms with E-state index in [0.29, 0.717) is 65.9 Å². The van der Waals surface area contributed by atoms with Crippen molar-refractivity contribution in [1.82, 2.24) is 77.3 Å². The van der Waals surface area contributed by atoms with Crippen molar-refractivity contribution in [3.63, 3.8) is 0 Å². The molecule has 0 aliphatic heterocycles. The Balaban J connectivity index is 0.000000120. The monoisotopic (exact) mass is 1880 g/mol. The summed E-state index contributed by atoms with van der Waals surface area (Å²) in [6.07, 6.45) is 25.7. The first-order chi connectivity index (χ1) is 62.2. The molecule has 0 fully saturated rings. The van der Waals surface area contributed by atoms with E-state index in [4.69, 9.17) is 11.6 Å². The van der Waals surface area contributed by atoms with Crippen molar-refractivity contribution in [2.75, 3.05) is 21.3 Å². The van der Waals surface area contributed by atoms with Gasteiger partial charge in [0.25, 0.3) is 22.2 Å². The van der Waals surface area contributed by atoms with Crippen LogP contribution in [0.25, 0.3) is 133 Å². The molecule has 32 heteroatoms. The van der Waals surface area contributed by atoms with Crippen LogP contribution in [0.2, 0.25) is 5.02 Å². The Bertz CT molecular complexity index is 7250. The van der Waals surface area contributed by atoms with Crippen LogP contribution in [0, 0.1) is 9.39 Å². The van der Waals surface area contributed by atoms with Gasteiger partial charge in [0.2, 0.25) is 23.6 Å². The zero-order chi connectivity index (χ0) is 89.0. The molecule has 20 rings (SSSR count). The number of benzene rings is 8. The average Bonchev–Trinajstić information content (AvgIpc) is 1.03. The third-order valence-electron chi connectivity index (χ3n) is 20.5. The van der Waals surface area contributed by atoms with E-state index in [2.05, 4.69) is 126 Å². The minimum Gasteiger partial charge on any atom is -0.321 e. The first kappa shape index (κ1) is 83.6. The Kier molecular flexibility index (Phi) is 23.5. The number of fused-ring (bicyclic) bond motifs is 12. The number of nitrogens with zero attached hydrogens (tertiary/aromatic N) is 16. The van der Waals surface area contributed by atoms with Gasteiger partial charge < -0.3 is 21.3 Å². The number of carbonyl (C=O) groups is 4. The predicted octanol–water partition coefficient (Wildman–Crippen LogP) is 17.6. The lowest BCUT2D eigenvalue weighted by atomic mass is 10.1. The summed E-state index contributed by atoms with van der Waals surface area (Å²) in [5.41, 5.74) is 11.8. The quantitative estimate of drug-likeness (QED) is 0.0397. The zero-order valence-electron chi connectivity index (χ0n) is 66.8. The highest BCUT2D eigenvalue weighted by Gasteiger charge is 2.21. The molecule has 0 spiro atoms. The molecule has 0 saturated carbocycles. The molecular weight excluding hydrogens is 1820 g/mol. The van der Waals surface area contributed by atoms with Crippen LogP contribution in [0.4, 0.5) is 27.1 Å². The molecule has 0 saturated heterocycles. The molecule has 20 aromatic rings. The van der Waals surface area contributed by atoms with Crippen LogP contribution in [0.5, 0.6) is 0 Å². The van der Waals surface area contributed by atoms with E-state index >= 15 is 0 Å². The first-order valence-corrected chi connectivity index (χ1v) is 41.2. The second kappa shape index (κ2) is 36.0. The van der Waals surface area contributed by atoms with E-state index in [-0.39, 0.29) is 39.7 Å². The van der Waals surface area contributed by atoms with Crippen LogP contribution in [0.3, 0.4) is 0 Å². The van der Waals surface area contributed by atoms with E-state index in [0.717, 1.165) is 109 Å². The fourth-order valence-corrected chi connectivity index (χ4v) is 15.6. The van der Waals surface area contributed by atoms with Gasteiger partial charge in [-0.1, -0.05) is 37.9 Å². The van der Waals surface area contributed by atoms with Crippen molar-refractivity contribution in [2.24, 2.45) is 0 Å². The number of hydrogen-bond donors (Lipinski definition) is 4. The topological polar surface area (TPSA) is 327 Å². The number of carbonyl (C=O) groups excluding carboxylic acids is 4. The van der Waals surface area contributed by atoms with E-state index < -0.39 is 17.6 Å². The molecule has 0 bridgehead atoms. The Hall–Kier alpha value is -16.7. The Morgan fingerprint density at radius 3 is 0.961 bits per heavy atom. The van der Waals surface area contributed by atoms with Gasteiger partial charge in [0, 0.05) is 150 Å². The molecule has 4 N–H and O–H groups in total. The number of nitrogens with one attached hydrogen (secondary N) is 4. The van der Waals surface area contributed by atoms with Gasteiger partial charge in [-0.2, -0.15) is 20.4 Å². The lowest BCUT2D eigenvalue weighted by molar-refractivity contribution is -0.112. The summed E-state index contributed by atoms with van der Waals surface area (Å²) in [7, 11) is 0. The standard InChI is InChI=1S/C24H16BrN5O2.C24H16ClN5O2.C24H16FN5O2.C24H16IN5O2/c4*1-2-22(31)28-21-13-17(5-7-19(21)25)30-23(32)9-4-15-14-26-20-8-6-16(12-18(20)24(15)30)29-11-3-10-27-29/h4*2-14H,1H2,(H,28,31). The van der Waals surface area contributed by atoms with Gasteiger partial charge in [-0.05, 0) is 257 Å². The second-order valence-corrected chi connectivity index (χ2v) is 30.7. The fourth-order valence-electron chi connectivity index (χ4n) is 14.6. The molecule has 0 radical (unpaired) electrons. The highest BCUT2D eigenvalue weighted by Crippen LogP contribution is 2.36. The van der Waals surface area contributed by atoms with E-state index in [1.54, 1.807) is 143 Å². The van der Waals surface area contributed by atoms with Crippen molar-refractivity contribution in [2.45, 2.75) is 0 Å². The Morgan fingerprint density at radius 2 is 0.625 bits per heavy atom. The Labute approximate surface area is 749 Å². The molecular formula is C96H64BrClFIN20O8. The van der Waals surface area contributed by atoms with Crippen molar-refractivity contribution < 1.29 is 23.6 Å². The molecule has 0 aliphatic carbocycles. The van der Waals surface area contributed by atoms with Gasteiger partial charge in [-0.15, -0.1) is 0 Å². The van der Waals surface area contributed by atoms with Gasteiger partial charge in [-0.25, -0.2) is 23.1 Å². The number of pyridine rings is 8. The smallest absolute Gasteiger partial charge is 0.255 e. The molecule has 0 aliphatic rings. The molecule has 0 unspecified atom stereocenters. The summed E-state index contributed by atoms with van der Waals surface area (Å²) in [4.78, 5) is 118. The highest BCUT2D eigenvalue weighted by molar-refractivity contribution is 14.1. The number of rotatable bonds is 16. The number of amides is 4. The van der Waals surface area contributed by atoms with Gasteiger partial charge in [0.1, 0.15) is 5.82 Å². The minimum absolute atomic E-state index is 0.0492. The second-order valence-electron chi connectivity index (χ2n) is 28.3. The third kappa shape index (κ3) is 16.9. The van der Waals surface area contributed by atoms with Gasteiger partial charge in [0.15, 0.2) is 0 Å². The summed E-state index contributed by atoms with van der Waals surface area (Å²) in [6, 6.07) is 63.3. The normalized spacial score (nSPS) is 11.0. The first-order valence-electron chi connectivity index (χ1n) is 38.9. The average molecular weight is 1890 g/mol. The van der Waals surface area contributed by atoms with Gasteiger partial charge in [-0.3, -0.25) is 76.6 Å². The van der Waals surface area contributed by atoms with Crippen LogP contribution in [-0.2, 0) is 19.2 Å². The van der Waals surface area contributed by atoms with Crippen molar-refractivity contribution >= 4 is 184 Å². The third-order valence-corrected chi connectivity index (χ3v) is 22.4. The SMILES string of the molecule is C=CC(=O)Nc1cc(-n2c(=O)ccc3cnc4ccc(-n5cccn5)cc4c32)ccc1Br.C=CC(=O)Nc1cc(-n2c(=O)ccc3cnc4ccc(-n5cccn5)cc4c32)ccc1Cl.C=CC(=O)Nc1cc(-n2c(=O)ccc3cnc4ccc(-n5cccn5)cc4c32)ccc1F.C=CC(=O)Nc1cc(-n2c(=O)ccc3cnc4ccc(-n5cccn5)cc4c32)ccc1I. The number of halogens is 4. The lowest BCUT2D eigenvalue weighted by Crippen LogP contribution is -2.18. The molecule has 12 aromatic heterocycles. The van der Waals surface area contributed by atoms with Crippen molar-refractivity contribution in [3.8, 4) is 45.5 Å². The number of aromatic nitrogens is 16. The van der Waals surface area contributed by atoms with E-state index in [1.165, 1.54) is 59.2 Å². The molecule has 12 heterocycles. The summed E-state index contributed by atoms with van der Waals surface area (Å²) in [6.45, 7) is 13.8. The summed E-state index contributed by atoms with van der Waals surface area (Å²) in [5, 5.41) is 34.5. The minimum atomic E-state index is -0.621. The predicted molar refractivity (Wildman–Crippen MR) is 509 cm³/mol. The van der Waals surface area contributed by atoms with Gasteiger partial charge in [0.05, 0.1) is 117 Å².